The van der Waals surface area contributed by atoms with Gasteiger partial charge in [0.1, 0.15) is 12.4 Å². The molecule has 0 unspecified atom stereocenters. The van der Waals surface area contributed by atoms with Crippen molar-refractivity contribution in [1.82, 2.24) is 0 Å². The fourth-order valence-corrected chi connectivity index (χ4v) is 3.00. The van der Waals surface area contributed by atoms with Gasteiger partial charge in [-0.3, -0.25) is 10.1 Å². The van der Waals surface area contributed by atoms with E-state index in [0.29, 0.717) is 19.0 Å². The summed E-state index contributed by atoms with van der Waals surface area (Å²) in [6.45, 7) is 12.2. The molecule has 0 bridgehead atoms. The lowest BCUT2D eigenvalue weighted by Gasteiger charge is -2.36. The molecule has 2 rings (SSSR count). The molecule has 0 aliphatic carbocycles. The molecule has 6 heteroatoms. The predicted octanol–water partition coefficient (Wildman–Crippen LogP) is 5.70. The summed E-state index contributed by atoms with van der Waals surface area (Å²) in [4.78, 5) is 10.2. The minimum Gasteiger partial charge on any atom is -0.489 e. The summed E-state index contributed by atoms with van der Waals surface area (Å²) in [6, 6.07) is 14.3. The first kappa shape index (κ1) is 20.1. The van der Waals surface area contributed by atoms with Crippen LogP contribution in [0.25, 0.3) is 0 Å². The van der Waals surface area contributed by atoms with Gasteiger partial charge in [0.05, 0.1) is 11.5 Å². The van der Waals surface area contributed by atoms with E-state index in [2.05, 4.69) is 46.0 Å². The SMILES string of the molecule is CC(C)(C)[Si](C)(C)OCc1ccc(COc2ccc([N+](=O)[O-])cc2)cc1. The molecular formula is C20H27NO4Si. The summed E-state index contributed by atoms with van der Waals surface area (Å²) in [6.07, 6.45) is 0. The first-order valence-corrected chi connectivity index (χ1v) is 11.6. The van der Waals surface area contributed by atoms with Crippen molar-refractivity contribution < 1.29 is 14.1 Å². The van der Waals surface area contributed by atoms with Gasteiger partial charge in [0.15, 0.2) is 8.32 Å². The standard InChI is InChI=1S/C20H27NO4Si/c1-20(2,3)26(4,5)25-15-17-8-6-16(7-9-17)14-24-19-12-10-18(11-13-19)21(22)23/h6-13H,14-15H2,1-5H3. The van der Waals surface area contributed by atoms with Crippen LogP contribution in [0.15, 0.2) is 48.5 Å². The summed E-state index contributed by atoms with van der Waals surface area (Å²) < 4.78 is 11.9. The highest BCUT2D eigenvalue weighted by atomic mass is 28.4. The maximum Gasteiger partial charge on any atom is 0.269 e. The number of benzene rings is 2. The molecule has 0 N–H and O–H groups in total. The van der Waals surface area contributed by atoms with E-state index in [-0.39, 0.29) is 10.7 Å². The smallest absolute Gasteiger partial charge is 0.269 e. The fraction of sp³-hybridized carbons (Fsp3) is 0.400. The van der Waals surface area contributed by atoms with Crippen LogP contribution in [0.5, 0.6) is 5.75 Å². The lowest BCUT2D eigenvalue weighted by Crippen LogP contribution is -2.40. The molecule has 140 valence electrons. The highest BCUT2D eigenvalue weighted by Gasteiger charge is 2.36. The second kappa shape index (κ2) is 8.01. The van der Waals surface area contributed by atoms with E-state index >= 15 is 0 Å². The van der Waals surface area contributed by atoms with Crippen molar-refractivity contribution in [2.75, 3.05) is 0 Å². The maximum atomic E-state index is 10.7. The third kappa shape index (κ3) is 5.41. The monoisotopic (exact) mass is 373 g/mol. The van der Waals surface area contributed by atoms with E-state index in [4.69, 9.17) is 9.16 Å². The van der Waals surface area contributed by atoms with Gasteiger partial charge in [-0.25, -0.2) is 0 Å². The van der Waals surface area contributed by atoms with Gasteiger partial charge in [0.25, 0.3) is 5.69 Å². The zero-order valence-corrected chi connectivity index (χ0v) is 17.1. The van der Waals surface area contributed by atoms with Crippen LogP contribution < -0.4 is 4.74 Å². The van der Waals surface area contributed by atoms with Crippen molar-refractivity contribution >= 4 is 14.0 Å². The number of hydrogen-bond acceptors (Lipinski definition) is 4. The van der Waals surface area contributed by atoms with Gasteiger partial charge < -0.3 is 9.16 Å². The topological polar surface area (TPSA) is 61.6 Å². The van der Waals surface area contributed by atoms with Gasteiger partial charge in [0.2, 0.25) is 0 Å². The van der Waals surface area contributed by atoms with E-state index < -0.39 is 13.2 Å². The number of rotatable bonds is 7. The summed E-state index contributed by atoms with van der Waals surface area (Å²) in [7, 11) is -1.75. The van der Waals surface area contributed by atoms with Crippen LogP contribution >= 0.6 is 0 Å². The number of ether oxygens (including phenoxy) is 1. The van der Waals surface area contributed by atoms with Crippen LogP contribution in [-0.2, 0) is 17.6 Å². The van der Waals surface area contributed by atoms with E-state index in [1.807, 2.05) is 12.1 Å². The third-order valence-electron chi connectivity index (χ3n) is 4.88. The van der Waals surface area contributed by atoms with Crippen molar-refractivity contribution in [2.45, 2.75) is 52.1 Å². The molecule has 0 amide bonds. The van der Waals surface area contributed by atoms with E-state index in [0.717, 1.165) is 11.1 Å². The molecule has 0 spiro atoms. The van der Waals surface area contributed by atoms with Crippen molar-refractivity contribution in [3.8, 4) is 5.75 Å². The zero-order valence-electron chi connectivity index (χ0n) is 16.1. The Kier molecular flexibility index (Phi) is 6.20. The fourth-order valence-electron chi connectivity index (χ4n) is 2.04. The number of nitro benzene ring substituents is 1. The zero-order chi connectivity index (χ0) is 19.4. The minimum atomic E-state index is -1.75. The molecule has 0 saturated heterocycles. The predicted molar refractivity (Wildman–Crippen MR) is 106 cm³/mol. The Bertz CT molecular complexity index is 734. The summed E-state index contributed by atoms with van der Waals surface area (Å²) in [5.74, 6) is 0.612. The Labute approximate surface area is 156 Å². The second-order valence-electron chi connectivity index (χ2n) is 7.91. The number of non-ortho nitro benzene ring substituents is 1. The van der Waals surface area contributed by atoms with Gasteiger partial charge in [-0.1, -0.05) is 45.0 Å². The van der Waals surface area contributed by atoms with Crippen molar-refractivity contribution in [2.24, 2.45) is 0 Å². The van der Waals surface area contributed by atoms with Gasteiger partial charge in [-0.15, -0.1) is 0 Å². The van der Waals surface area contributed by atoms with E-state index in [9.17, 15) is 10.1 Å². The normalized spacial score (nSPS) is 12.0. The van der Waals surface area contributed by atoms with Crippen molar-refractivity contribution in [3.63, 3.8) is 0 Å². The van der Waals surface area contributed by atoms with Crippen molar-refractivity contribution in [1.29, 1.82) is 0 Å². The van der Waals surface area contributed by atoms with Gasteiger partial charge in [0, 0.05) is 12.1 Å². The van der Waals surface area contributed by atoms with Gasteiger partial charge in [-0.05, 0) is 41.4 Å². The van der Waals surface area contributed by atoms with E-state index in [1.54, 1.807) is 12.1 Å². The Morgan fingerprint density at radius 3 is 1.88 bits per heavy atom. The quantitative estimate of drug-likeness (QED) is 0.355. The average Bonchev–Trinajstić information content (AvgIpc) is 2.58. The Morgan fingerprint density at radius 1 is 0.923 bits per heavy atom. The first-order chi connectivity index (χ1) is 12.1. The van der Waals surface area contributed by atoms with Crippen LogP contribution in [-0.4, -0.2) is 13.2 Å². The molecule has 26 heavy (non-hydrogen) atoms. The molecular weight excluding hydrogens is 346 g/mol. The molecule has 0 aliphatic heterocycles. The summed E-state index contributed by atoms with van der Waals surface area (Å²) >= 11 is 0. The molecule has 0 saturated carbocycles. The Morgan fingerprint density at radius 2 is 1.42 bits per heavy atom. The highest BCUT2D eigenvalue weighted by molar-refractivity contribution is 6.74. The Balaban J connectivity index is 1.88. The largest absolute Gasteiger partial charge is 0.489 e. The second-order valence-corrected chi connectivity index (χ2v) is 12.7. The lowest BCUT2D eigenvalue weighted by molar-refractivity contribution is -0.384. The van der Waals surface area contributed by atoms with Crippen LogP contribution in [0.2, 0.25) is 18.1 Å². The Hall–Kier alpha value is -2.18. The van der Waals surface area contributed by atoms with E-state index in [1.165, 1.54) is 12.1 Å². The lowest BCUT2D eigenvalue weighted by atomic mass is 10.1. The van der Waals surface area contributed by atoms with Crippen LogP contribution in [0.3, 0.4) is 0 Å². The first-order valence-electron chi connectivity index (χ1n) is 8.67. The minimum absolute atomic E-state index is 0.0587. The molecule has 0 fully saturated rings. The molecule has 0 atom stereocenters. The molecule has 5 nitrogen and oxygen atoms in total. The molecule has 0 aliphatic rings. The number of nitro groups is 1. The third-order valence-corrected chi connectivity index (χ3v) is 9.36. The van der Waals surface area contributed by atoms with Gasteiger partial charge in [-0.2, -0.15) is 0 Å². The summed E-state index contributed by atoms with van der Waals surface area (Å²) in [5.41, 5.74) is 2.25. The highest BCUT2D eigenvalue weighted by Crippen LogP contribution is 2.37. The van der Waals surface area contributed by atoms with Crippen LogP contribution in [0.4, 0.5) is 5.69 Å². The molecule has 0 aromatic heterocycles. The number of nitrogens with zero attached hydrogens (tertiary/aromatic N) is 1. The maximum absolute atomic E-state index is 10.7. The molecule has 0 radical (unpaired) electrons. The number of hydrogen-bond donors (Lipinski definition) is 0. The van der Waals surface area contributed by atoms with Gasteiger partial charge >= 0.3 is 0 Å². The van der Waals surface area contributed by atoms with Crippen LogP contribution in [0, 0.1) is 10.1 Å². The van der Waals surface area contributed by atoms with Crippen LogP contribution in [0.1, 0.15) is 31.9 Å². The molecule has 2 aromatic carbocycles. The van der Waals surface area contributed by atoms with Crippen molar-refractivity contribution in [3.05, 3.63) is 69.8 Å². The summed E-state index contributed by atoms with van der Waals surface area (Å²) in [5, 5.41) is 10.9. The molecule has 0 heterocycles. The molecule has 2 aromatic rings. The average molecular weight is 374 g/mol.